The highest BCUT2D eigenvalue weighted by Crippen LogP contribution is 2.41. The first-order valence-electron chi connectivity index (χ1n) is 3.08. The maximum Gasteiger partial charge on any atom is 0.140 e. The zero-order chi connectivity index (χ0) is 7.07. The van der Waals surface area contributed by atoms with Crippen LogP contribution in [0.5, 0.6) is 0 Å². The standard InChI is InChI=1S/C8H10O/c1-4-6-5-7(9)8(6,2)3/h1,6H,5H2,2-3H3. The van der Waals surface area contributed by atoms with Crippen LogP contribution in [0.3, 0.4) is 0 Å². The van der Waals surface area contributed by atoms with E-state index in [1.165, 1.54) is 0 Å². The minimum atomic E-state index is -0.227. The lowest BCUT2D eigenvalue weighted by molar-refractivity contribution is -0.139. The molecule has 9 heavy (non-hydrogen) atoms. The fourth-order valence-electron chi connectivity index (χ4n) is 1.03. The highest BCUT2D eigenvalue weighted by atomic mass is 16.1. The van der Waals surface area contributed by atoms with Crippen LogP contribution in [-0.2, 0) is 4.79 Å². The molecule has 1 rings (SSSR count). The third kappa shape index (κ3) is 0.666. The summed E-state index contributed by atoms with van der Waals surface area (Å²) in [5, 5.41) is 0. The van der Waals surface area contributed by atoms with E-state index in [0.29, 0.717) is 12.2 Å². The Labute approximate surface area is 55.4 Å². The van der Waals surface area contributed by atoms with Gasteiger partial charge in [-0.3, -0.25) is 4.79 Å². The number of rotatable bonds is 0. The Morgan fingerprint density at radius 3 is 2.44 bits per heavy atom. The van der Waals surface area contributed by atoms with E-state index in [9.17, 15) is 4.79 Å². The third-order valence-electron chi connectivity index (χ3n) is 2.18. The molecular weight excluding hydrogens is 112 g/mol. The first-order valence-corrected chi connectivity index (χ1v) is 3.08. The van der Waals surface area contributed by atoms with Crippen molar-refractivity contribution in [1.29, 1.82) is 0 Å². The first-order chi connectivity index (χ1) is 4.09. The van der Waals surface area contributed by atoms with Crippen molar-refractivity contribution < 1.29 is 4.79 Å². The minimum Gasteiger partial charge on any atom is -0.299 e. The van der Waals surface area contributed by atoms with Crippen LogP contribution in [0.15, 0.2) is 0 Å². The largest absolute Gasteiger partial charge is 0.299 e. The lowest BCUT2D eigenvalue weighted by atomic mass is 9.62. The van der Waals surface area contributed by atoms with Crippen LogP contribution < -0.4 is 0 Å². The molecule has 1 aliphatic carbocycles. The maximum atomic E-state index is 10.8. The van der Waals surface area contributed by atoms with Crippen molar-refractivity contribution in [3.8, 4) is 12.3 Å². The Bertz CT molecular complexity index is 183. The molecule has 0 spiro atoms. The van der Waals surface area contributed by atoms with E-state index in [2.05, 4.69) is 5.92 Å². The highest BCUT2D eigenvalue weighted by Gasteiger charge is 2.45. The van der Waals surface area contributed by atoms with E-state index in [1.807, 2.05) is 13.8 Å². The van der Waals surface area contributed by atoms with Gasteiger partial charge in [-0.25, -0.2) is 0 Å². The van der Waals surface area contributed by atoms with Crippen molar-refractivity contribution >= 4 is 5.78 Å². The Balaban J connectivity index is 2.72. The van der Waals surface area contributed by atoms with Gasteiger partial charge in [0.05, 0.1) is 0 Å². The predicted molar refractivity (Wildman–Crippen MR) is 35.7 cm³/mol. The Kier molecular flexibility index (Phi) is 1.13. The Hall–Kier alpha value is -0.770. The molecule has 0 aromatic carbocycles. The van der Waals surface area contributed by atoms with Crippen LogP contribution in [-0.4, -0.2) is 5.78 Å². The molecule has 0 aliphatic heterocycles. The van der Waals surface area contributed by atoms with Crippen molar-refractivity contribution in [2.75, 3.05) is 0 Å². The Morgan fingerprint density at radius 1 is 1.78 bits per heavy atom. The molecule has 0 amide bonds. The first kappa shape index (κ1) is 6.35. The molecule has 0 saturated heterocycles. The molecular formula is C8H10O. The molecule has 1 fully saturated rings. The van der Waals surface area contributed by atoms with E-state index in [4.69, 9.17) is 6.42 Å². The van der Waals surface area contributed by atoms with E-state index in [1.54, 1.807) is 0 Å². The van der Waals surface area contributed by atoms with Gasteiger partial charge in [0.15, 0.2) is 0 Å². The number of ketones is 1. The second-order valence-electron chi connectivity index (χ2n) is 3.07. The van der Waals surface area contributed by atoms with Gasteiger partial charge in [-0.2, -0.15) is 0 Å². The van der Waals surface area contributed by atoms with E-state index in [0.717, 1.165) is 0 Å². The summed E-state index contributed by atoms with van der Waals surface area (Å²) >= 11 is 0. The predicted octanol–water partition coefficient (Wildman–Crippen LogP) is 1.23. The van der Waals surface area contributed by atoms with Crippen LogP contribution in [0.1, 0.15) is 20.3 Å². The summed E-state index contributed by atoms with van der Waals surface area (Å²) < 4.78 is 0. The van der Waals surface area contributed by atoms with Crippen molar-refractivity contribution in [2.45, 2.75) is 20.3 Å². The second kappa shape index (κ2) is 1.60. The van der Waals surface area contributed by atoms with Gasteiger partial charge in [0.2, 0.25) is 0 Å². The van der Waals surface area contributed by atoms with Gasteiger partial charge in [-0.1, -0.05) is 13.8 Å². The fourth-order valence-corrected chi connectivity index (χ4v) is 1.03. The third-order valence-corrected chi connectivity index (χ3v) is 2.18. The summed E-state index contributed by atoms with van der Waals surface area (Å²) in [6, 6.07) is 0. The number of Topliss-reactive ketones (excluding diaryl/α,β-unsaturated/α-hetero) is 1. The van der Waals surface area contributed by atoms with Crippen LogP contribution >= 0.6 is 0 Å². The molecule has 0 N–H and O–H groups in total. The van der Waals surface area contributed by atoms with Crippen LogP contribution in [0, 0.1) is 23.7 Å². The average molecular weight is 122 g/mol. The molecule has 1 heteroatoms. The lowest BCUT2D eigenvalue weighted by Gasteiger charge is -2.38. The average Bonchev–Trinajstić information content (AvgIpc) is 1.82. The van der Waals surface area contributed by atoms with E-state index < -0.39 is 0 Å². The van der Waals surface area contributed by atoms with Crippen molar-refractivity contribution in [3.05, 3.63) is 0 Å². The number of terminal acetylenes is 1. The van der Waals surface area contributed by atoms with Crippen LogP contribution in [0.4, 0.5) is 0 Å². The smallest absolute Gasteiger partial charge is 0.140 e. The van der Waals surface area contributed by atoms with Crippen LogP contribution in [0.2, 0.25) is 0 Å². The highest BCUT2D eigenvalue weighted by molar-refractivity contribution is 5.91. The summed E-state index contributed by atoms with van der Waals surface area (Å²) in [5.41, 5.74) is -0.227. The molecule has 1 atom stereocenters. The molecule has 0 radical (unpaired) electrons. The quantitative estimate of drug-likeness (QED) is 0.442. The molecule has 48 valence electrons. The summed E-state index contributed by atoms with van der Waals surface area (Å²) in [4.78, 5) is 10.8. The number of hydrogen-bond acceptors (Lipinski definition) is 1. The van der Waals surface area contributed by atoms with Gasteiger partial charge in [0.25, 0.3) is 0 Å². The number of carbonyl (C=O) groups is 1. The fraction of sp³-hybridized carbons (Fsp3) is 0.625. The summed E-state index contributed by atoms with van der Waals surface area (Å²) in [7, 11) is 0. The van der Waals surface area contributed by atoms with E-state index >= 15 is 0 Å². The van der Waals surface area contributed by atoms with Gasteiger partial charge >= 0.3 is 0 Å². The summed E-state index contributed by atoms with van der Waals surface area (Å²) in [6.07, 6.45) is 5.76. The zero-order valence-corrected chi connectivity index (χ0v) is 5.77. The normalized spacial score (nSPS) is 30.8. The Morgan fingerprint density at radius 2 is 2.33 bits per heavy atom. The molecule has 1 aliphatic rings. The summed E-state index contributed by atoms with van der Waals surface area (Å²) in [6.45, 7) is 3.81. The van der Waals surface area contributed by atoms with Crippen molar-refractivity contribution in [1.82, 2.24) is 0 Å². The molecule has 0 aromatic heterocycles. The van der Waals surface area contributed by atoms with Crippen LogP contribution in [0.25, 0.3) is 0 Å². The van der Waals surface area contributed by atoms with E-state index in [-0.39, 0.29) is 11.3 Å². The molecule has 1 nitrogen and oxygen atoms in total. The maximum absolute atomic E-state index is 10.8. The van der Waals surface area contributed by atoms with Gasteiger partial charge < -0.3 is 0 Å². The van der Waals surface area contributed by atoms with Gasteiger partial charge in [-0.05, 0) is 0 Å². The molecule has 0 heterocycles. The number of hydrogen-bond donors (Lipinski definition) is 0. The number of carbonyl (C=O) groups excluding carboxylic acids is 1. The molecule has 0 aromatic rings. The second-order valence-corrected chi connectivity index (χ2v) is 3.07. The molecule has 1 saturated carbocycles. The molecule has 0 bridgehead atoms. The van der Waals surface area contributed by atoms with Gasteiger partial charge in [0.1, 0.15) is 5.78 Å². The SMILES string of the molecule is C#CC1CC(=O)C1(C)C. The van der Waals surface area contributed by atoms with Crippen molar-refractivity contribution in [3.63, 3.8) is 0 Å². The topological polar surface area (TPSA) is 17.1 Å². The lowest BCUT2D eigenvalue weighted by Crippen LogP contribution is -2.44. The minimum absolute atomic E-state index is 0.185. The van der Waals surface area contributed by atoms with Gasteiger partial charge in [0, 0.05) is 17.8 Å². The zero-order valence-electron chi connectivity index (χ0n) is 5.77. The monoisotopic (exact) mass is 122 g/mol. The molecule has 1 unspecified atom stereocenters. The summed E-state index contributed by atoms with van der Waals surface area (Å²) in [5.74, 6) is 3.08. The van der Waals surface area contributed by atoms with Crippen molar-refractivity contribution in [2.24, 2.45) is 11.3 Å². The van der Waals surface area contributed by atoms with Gasteiger partial charge in [-0.15, -0.1) is 12.3 Å².